The van der Waals surface area contributed by atoms with Gasteiger partial charge in [0.2, 0.25) is 0 Å². The molecule has 1 N–H and O–H groups in total. The van der Waals surface area contributed by atoms with Gasteiger partial charge in [0.1, 0.15) is 16.4 Å². The van der Waals surface area contributed by atoms with Gasteiger partial charge in [0, 0.05) is 7.11 Å². The molecule has 1 aromatic rings. The summed E-state index contributed by atoms with van der Waals surface area (Å²) >= 11 is 3.19. The largest absolute Gasteiger partial charge is 0.373 e. The van der Waals surface area contributed by atoms with Gasteiger partial charge in [-0.05, 0) is 41.6 Å². The lowest BCUT2D eigenvalue weighted by Crippen LogP contribution is -2.18. The first kappa shape index (κ1) is 10.8. The van der Waals surface area contributed by atoms with E-state index in [0.717, 1.165) is 12.8 Å². The van der Waals surface area contributed by atoms with Crippen LogP contribution in [0.2, 0.25) is 0 Å². The van der Waals surface area contributed by atoms with Gasteiger partial charge in [-0.15, -0.1) is 0 Å². The fraction of sp³-hybridized carbons (Fsp3) is 0.600. The molecule has 1 aromatic heterocycles. The lowest BCUT2D eigenvalue weighted by molar-refractivity contribution is 0.0768. The normalized spacial score (nSPS) is 17.8. The van der Waals surface area contributed by atoms with Crippen LogP contribution in [0.15, 0.2) is 9.27 Å². The molecule has 1 aliphatic rings. The Hall–Kier alpha value is -0.680. The summed E-state index contributed by atoms with van der Waals surface area (Å²) in [5.41, 5.74) is 0.566. The van der Waals surface area contributed by atoms with E-state index in [2.05, 4.69) is 25.9 Å². The van der Waals surface area contributed by atoms with Crippen LogP contribution in [0.4, 0.5) is 0 Å². The molecule has 1 aliphatic carbocycles. The van der Waals surface area contributed by atoms with Crippen molar-refractivity contribution < 1.29 is 4.74 Å². The highest BCUT2D eigenvalue weighted by molar-refractivity contribution is 9.10. The van der Waals surface area contributed by atoms with Crippen LogP contribution in [0.1, 0.15) is 30.5 Å². The number of nitrogens with one attached hydrogen (secondary N) is 1. The minimum absolute atomic E-state index is 0.0653. The summed E-state index contributed by atoms with van der Waals surface area (Å²) in [6.07, 6.45) is 2.23. The summed E-state index contributed by atoms with van der Waals surface area (Å²) in [5, 5.41) is 0. The molecule has 5 heteroatoms. The van der Waals surface area contributed by atoms with Crippen LogP contribution in [0.25, 0.3) is 0 Å². The number of methoxy groups -OCH3 is 1. The summed E-state index contributed by atoms with van der Waals surface area (Å²) in [6, 6.07) is 0. The summed E-state index contributed by atoms with van der Waals surface area (Å²) in [4.78, 5) is 18.6. The van der Waals surface area contributed by atoms with Gasteiger partial charge in [-0.2, -0.15) is 0 Å². The molecule has 1 unspecified atom stereocenters. The molecule has 0 bridgehead atoms. The Morgan fingerprint density at radius 3 is 2.73 bits per heavy atom. The van der Waals surface area contributed by atoms with E-state index in [-0.39, 0.29) is 11.7 Å². The second kappa shape index (κ2) is 4.06. The van der Waals surface area contributed by atoms with Crippen molar-refractivity contribution in [3.63, 3.8) is 0 Å². The van der Waals surface area contributed by atoms with Crippen LogP contribution in [0.5, 0.6) is 0 Å². The molecule has 1 saturated carbocycles. The number of hydrogen-bond acceptors (Lipinski definition) is 3. The van der Waals surface area contributed by atoms with Gasteiger partial charge >= 0.3 is 0 Å². The number of ether oxygens (including phenoxy) is 1. The number of hydrogen-bond donors (Lipinski definition) is 1. The first-order chi connectivity index (χ1) is 7.13. The number of aromatic amines is 1. The molecule has 1 fully saturated rings. The van der Waals surface area contributed by atoms with Gasteiger partial charge in [-0.25, -0.2) is 4.98 Å². The molecule has 0 spiro atoms. The zero-order chi connectivity index (χ0) is 11.0. The van der Waals surface area contributed by atoms with Crippen molar-refractivity contribution in [2.24, 2.45) is 5.92 Å². The molecular formula is C10H13BrN2O2. The Morgan fingerprint density at radius 2 is 2.27 bits per heavy atom. The number of nitrogens with zero attached hydrogens (tertiary/aromatic N) is 1. The van der Waals surface area contributed by atoms with Crippen LogP contribution < -0.4 is 5.56 Å². The average Bonchev–Trinajstić information content (AvgIpc) is 2.99. The Labute approximate surface area is 96.2 Å². The van der Waals surface area contributed by atoms with E-state index in [9.17, 15) is 4.79 Å². The second-order valence-electron chi connectivity index (χ2n) is 3.84. The van der Waals surface area contributed by atoms with E-state index < -0.39 is 0 Å². The van der Waals surface area contributed by atoms with E-state index in [1.165, 1.54) is 0 Å². The monoisotopic (exact) mass is 272 g/mol. The summed E-state index contributed by atoms with van der Waals surface area (Å²) in [6.45, 7) is 1.81. The molecule has 0 aromatic carbocycles. The van der Waals surface area contributed by atoms with Crippen LogP contribution >= 0.6 is 15.9 Å². The maximum atomic E-state index is 11.5. The quantitative estimate of drug-likeness (QED) is 0.915. The average molecular weight is 273 g/mol. The van der Waals surface area contributed by atoms with Crippen LogP contribution in [-0.2, 0) is 4.74 Å². The lowest BCUT2D eigenvalue weighted by atomic mass is 10.2. The lowest BCUT2D eigenvalue weighted by Gasteiger charge is -2.13. The topological polar surface area (TPSA) is 55.0 Å². The van der Waals surface area contributed by atoms with Gasteiger partial charge in [-0.3, -0.25) is 4.79 Å². The number of halogens is 1. The number of aryl methyl sites for hydroxylation is 1. The molecule has 0 radical (unpaired) electrons. The molecule has 1 heterocycles. The minimum atomic E-state index is -0.139. The molecule has 1 atom stereocenters. The number of aromatic nitrogens is 2. The van der Waals surface area contributed by atoms with Gasteiger partial charge in [0.25, 0.3) is 5.56 Å². The fourth-order valence-electron chi connectivity index (χ4n) is 1.65. The Morgan fingerprint density at radius 1 is 1.60 bits per heavy atom. The smallest absolute Gasteiger partial charge is 0.265 e. The molecule has 0 aliphatic heterocycles. The molecular weight excluding hydrogens is 260 g/mol. The molecule has 15 heavy (non-hydrogen) atoms. The van der Waals surface area contributed by atoms with E-state index in [0.29, 0.717) is 21.9 Å². The summed E-state index contributed by atoms with van der Waals surface area (Å²) in [5.74, 6) is 1.16. The maximum absolute atomic E-state index is 11.5. The van der Waals surface area contributed by atoms with E-state index in [1.54, 1.807) is 7.11 Å². The highest BCUT2D eigenvalue weighted by Gasteiger charge is 2.34. The van der Waals surface area contributed by atoms with Crippen molar-refractivity contribution in [2.45, 2.75) is 25.9 Å². The van der Waals surface area contributed by atoms with Crippen LogP contribution in [0, 0.1) is 12.8 Å². The zero-order valence-electron chi connectivity index (χ0n) is 8.71. The predicted octanol–water partition coefficient (Wildman–Crippen LogP) is 1.94. The van der Waals surface area contributed by atoms with Gasteiger partial charge in [0.15, 0.2) is 0 Å². The molecule has 0 amide bonds. The number of H-pyrrole nitrogens is 1. The predicted molar refractivity (Wildman–Crippen MR) is 59.8 cm³/mol. The van der Waals surface area contributed by atoms with Crippen molar-refractivity contribution in [1.29, 1.82) is 0 Å². The SMILES string of the molecule is COC(c1nc(C)c(Br)c(=O)[nH]1)C1CC1. The van der Waals surface area contributed by atoms with E-state index >= 15 is 0 Å². The zero-order valence-corrected chi connectivity index (χ0v) is 10.3. The van der Waals surface area contributed by atoms with Gasteiger partial charge < -0.3 is 9.72 Å². The van der Waals surface area contributed by atoms with Crippen molar-refractivity contribution in [3.8, 4) is 0 Å². The highest BCUT2D eigenvalue weighted by Crippen LogP contribution is 2.41. The third-order valence-electron chi connectivity index (χ3n) is 2.62. The fourth-order valence-corrected chi connectivity index (χ4v) is 1.84. The highest BCUT2D eigenvalue weighted by atomic mass is 79.9. The van der Waals surface area contributed by atoms with Gasteiger partial charge in [-0.1, -0.05) is 0 Å². The van der Waals surface area contributed by atoms with Crippen LogP contribution in [0.3, 0.4) is 0 Å². The van der Waals surface area contributed by atoms with Gasteiger partial charge in [0.05, 0.1) is 5.69 Å². The van der Waals surface area contributed by atoms with Crippen molar-refractivity contribution >= 4 is 15.9 Å². The Bertz CT molecular complexity index is 426. The summed E-state index contributed by atoms with van der Waals surface area (Å²) in [7, 11) is 1.65. The van der Waals surface area contributed by atoms with E-state index in [4.69, 9.17) is 4.74 Å². The standard InChI is InChI=1S/C10H13BrN2O2/c1-5-7(11)10(14)13-9(12-5)8(15-2)6-3-4-6/h6,8H,3-4H2,1-2H3,(H,12,13,14). The third kappa shape index (κ3) is 2.13. The van der Waals surface area contributed by atoms with Crippen molar-refractivity contribution in [3.05, 3.63) is 26.3 Å². The second-order valence-corrected chi connectivity index (χ2v) is 4.64. The summed E-state index contributed by atoms with van der Waals surface area (Å²) < 4.78 is 5.86. The van der Waals surface area contributed by atoms with Crippen molar-refractivity contribution in [2.75, 3.05) is 7.11 Å². The minimum Gasteiger partial charge on any atom is -0.373 e. The van der Waals surface area contributed by atoms with Crippen LogP contribution in [-0.4, -0.2) is 17.1 Å². The Kier molecular flexibility index (Phi) is 2.93. The molecule has 82 valence electrons. The molecule has 4 nitrogen and oxygen atoms in total. The first-order valence-corrected chi connectivity index (χ1v) is 5.72. The Balaban J connectivity index is 2.39. The molecule has 2 rings (SSSR count). The molecule has 0 saturated heterocycles. The first-order valence-electron chi connectivity index (χ1n) is 4.92. The van der Waals surface area contributed by atoms with E-state index in [1.807, 2.05) is 6.92 Å². The maximum Gasteiger partial charge on any atom is 0.265 e. The third-order valence-corrected chi connectivity index (χ3v) is 3.55. The number of rotatable bonds is 3. The van der Waals surface area contributed by atoms with Crippen molar-refractivity contribution in [1.82, 2.24) is 9.97 Å².